The summed E-state index contributed by atoms with van der Waals surface area (Å²) in [6, 6.07) is 0. The van der Waals surface area contributed by atoms with E-state index in [2.05, 4.69) is 57.7 Å². The molecule has 3 aromatic rings. The van der Waals surface area contributed by atoms with E-state index in [-0.39, 0.29) is 0 Å². The lowest BCUT2D eigenvalue weighted by Crippen LogP contribution is -1.98. The van der Waals surface area contributed by atoms with Gasteiger partial charge in [0.2, 0.25) is 0 Å². The minimum absolute atomic E-state index is 0.783. The van der Waals surface area contributed by atoms with Crippen molar-refractivity contribution >= 4 is 5.65 Å². The van der Waals surface area contributed by atoms with Crippen LogP contribution in [0.1, 0.15) is 26.0 Å². The van der Waals surface area contributed by atoms with Crippen molar-refractivity contribution in [2.75, 3.05) is 0 Å². The van der Waals surface area contributed by atoms with E-state index in [4.69, 9.17) is 0 Å². The standard InChI is InChI=1S/C18H21N5/c1-4-5-6-7-14(2)12-22-13-16(10-21-22)17-11-20-18-15(3)19-8-9-23(17)18/h5-11,13H,4,12H2,1-3H3/b6-5-,14-7+. The number of hydrogen-bond acceptors (Lipinski definition) is 3. The van der Waals surface area contributed by atoms with Crippen LogP contribution in [-0.4, -0.2) is 24.1 Å². The molecule has 3 heterocycles. The van der Waals surface area contributed by atoms with Crippen molar-refractivity contribution < 1.29 is 0 Å². The number of imidazole rings is 1. The molecular formula is C18H21N5. The van der Waals surface area contributed by atoms with Gasteiger partial charge in [0.1, 0.15) is 0 Å². The summed E-state index contributed by atoms with van der Waals surface area (Å²) in [5, 5.41) is 4.46. The van der Waals surface area contributed by atoms with Crippen LogP contribution in [0.5, 0.6) is 0 Å². The van der Waals surface area contributed by atoms with Gasteiger partial charge in [-0.2, -0.15) is 5.10 Å². The monoisotopic (exact) mass is 307 g/mol. The maximum atomic E-state index is 4.46. The average Bonchev–Trinajstić information content (AvgIpc) is 3.14. The molecule has 0 amide bonds. The van der Waals surface area contributed by atoms with Crippen molar-refractivity contribution in [3.63, 3.8) is 0 Å². The first-order chi connectivity index (χ1) is 11.2. The molecule has 0 unspecified atom stereocenters. The van der Waals surface area contributed by atoms with Gasteiger partial charge in [-0.15, -0.1) is 0 Å². The summed E-state index contributed by atoms with van der Waals surface area (Å²) in [5.41, 5.74) is 5.16. The summed E-state index contributed by atoms with van der Waals surface area (Å²) in [7, 11) is 0. The third kappa shape index (κ3) is 3.23. The van der Waals surface area contributed by atoms with Crippen molar-refractivity contribution in [2.45, 2.75) is 33.7 Å². The number of aryl methyl sites for hydroxylation is 1. The summed E-state index contributed by atoms with van der Waals surface area (Å²) < 4.78 is 4.00. The number of aromatic nitrogens is 5. The summed E-state index contributed by atoms with van der Waals surface area (Å²) in [6.07, 6.45) is 17.0. The molecule has 3 aromatic heterocycles. The molecule has 0 fully saturated rings. The van der Waals surface area contributed by atoms with E-state index in [1.807, 2.05) is 30.2 Å². The van der Waals surface area contributed by atoms with Gasteiger partial charge in [0, 0.05) is 24.2 Å². The van der Waals surface area contributed by atoms with Gasteiger partial charge in [0.15, 0.2) is 5.65 Å². The molecule has 118 valence electrons. The first-order valence-electron chi connectivity index (χ1n) is 7.83. The smallest absolute Gasteiger partial charge is 0.158 e. The predicted octanol–water partition coefficient (Wildman–Crippen LogP) is 3.81. The largest absolute Gasteiger partial charge is 0.297 e. The van der Waals surface area contributed by atoms with E-state index in [1.165, 1.54) is 5.57 Å². The maximum Gasteiger partial charge on any atom is 0.158 e. The molecule has 0 bridgehead atoms. The normalized spacial score (nSPS) is 12.6. The molecule has 3 rings (SSSR count). The number of fused-ring (bicyclic) bond motifs is 1. The molecule has 23 heavy (non-hydrogen) atoms. The second-order valence-corrected chi connectivity index (χ2v) is 5.63. The second kappa shape index (κ2) is 6.60. The van der Waals surface area contributed by atoms with Crippen LogP contribution in [0.4, 0.5) is 0 Å². The van der Waals surface area contributed by atoms with Crippen LogP contribution < -0.4 is 0 Å². The van der Waals surface area contributed by atoms with E-state index in [0.717, 1.165) is 35.6 Å². The Morgan fingerprint density at radius 3 is 2.96 bits per heavy atom. The molecule has 0 aromatic carbocycles. The molecular weight excluding hydrogens is 286 g/mol. The summed E-state index contributed by atoms with van der Waals surface area (Å²) >= 11 is 0. The van der Waals surface area contributed by atoms with Gasteiger partial charge in [-0.3, -0.25) is 14.1 Å². The molecule has 5 nitrogen and oxygen atoms in total. The summed E-state index contributed by atoms with van der Waals surface area (Å²) in [5.74, 6) is 0. The van der Waals surface area contributed by atoms with E-state index < -0.39 is 0 Å². The Morgan fingerprint density at radius 2 is 2.13 bits per heavy atom. The fourth-order valence-electron chi connectivity index (χ4n) is 2.52. The van der Waals surface area contributed by atoms with Gasteiger partial charge < -0.3 is 0 Å². The minimum Gasteiger partial charge on any atom is -0.297 e. The van der Waals surface area contributed by atoms with E-state index in [1.54, 1.807) is 6.20 Å². The lowest BCUT2D eigenvalue weighted by atomic mass is 10.2. The second-order valence-electron chi connectivity index (χ2n) is 5.63. The van der Waals surface area contributed by atoms with E-state index >= 15 is 0 Å². The first-order valence-corrected chi connectivity index (χ1v) is 7.83. The highest BCUT2D eigenvalue weighted by molar-refractivity contribution is 5.63. The number of nitrogens with zero attached hydrogens (tertiary/aromatic N) is 5. The highest BCUT2D eigenvalue weighted by Crippen LogP contribution is 2.21. The maximum absolute atomic E-state index is 4.46. The van der Waals surface area contributed by atoms with Crippen molar-refractivity contribution in [3.05, 3.63) is 60.5 Å². The van der Waals surface area contributed by atoms with Crippen LogP contribution in [-0.2, 0) is 6.54 Å². The van der Waals surface area contributed by atoms with Gasteiger partial charge in [-0.05, 0) is 20.3 Å². The van der Waals surface area contributed by atoms with Crippen LogP contribution in [0.25, 0.3) is 16.9 Å². The van der Waals surface area contributed by atoms with Crippen molar-refractivity contribution in [2.24, 2.45) is 0 Å². The van der Waals surface area contributed by atoms with Gasteiger partial charge in [0.05, 0.1) is 30.3 Å². The van der Waals surface area contributed by atoms with Crippen LogP contribution in [0.3, 0.4) is 0 Å². The summed E-state index contributed by atoms with van der Waals surface area (Å²) in [6.45, 7) is 7.00. The minimum atomic E-state index is 0.783. The van der Waals surface area contributed by atoms with Crippen LogP contribution in [0, 0.1) is 6.92 Å². The Balaban J connectivity index is 1.85. The highest BCUT2D eigenvalue weighted by Gasteiger charge is 2.09. The van der Waals surface area contributed by atoms with Gasteiger partial charge >= 0.3 is 0 Å². The quantitative estimate of drug-likeness (QED) is 0.673. The number of rotatable bonds is 5. The van der Waals surface area contributed by atoms with E-state index in [9.17, 15) is 0 Å². The van der Waals surface area contributed by atoms with Crippen LogP contribution in [0.15, 0.2) is 54.8 Å². The molecule has 0 aliphatic carbocycles. The Kier molecular flexibility index (Phi) is 4.37. The van der Waals surface area contributed by atoms with Gasteiger partial charge in [-0.25, -0.2) is 4.98 Å². The first kappa shape index (κ1) is 15.2. The predicted molar refractivity (Wildman–Crippen MR) is 92.1 cm³/mol. The Morgan fingerprint density at radius 1 is 1.26 bits per heavy atom. The van der Waals surface area contributed by atoms with Crippen LogP contribution in [0.2, 0.25) is 0 Å². The molecule has 0 atom stereocenters. The third-order valence-electron chi connectivity index (χ3n) is 3.70. The number of hydrogen-bond donors (Lipinski definition) is 0. The SMILES string of the molecule is CC/C=C\C=C(/C)Cn1cc(-c2cnc3c(C)nccn23)cn1. The lowest BCUT2D eigenvalue weighted by Gasteiger charge is -2.01. The molecule has 0 aliphatic rings. The fourth-order valence-corrected chi connectivity index (χ4v) is 2.52. The van der Waals surface area contributed by atoms with Gasteiger partial charge in [-0.1, -0.05) is 30.7 Å². The topological polar surface area (TPSA) is 48.0 Å². The Hall–Kier alpha value is -2.69. The van der Waals surface area contributed by atoms with Gasteiger partial charge in [0.25, 0.3) is 0 Å². The number of allylic oxidation sites excluding steroid dienone is 4. The average molecular weight is 307 g/mol. The molecule has 0 radical (unpaired) electrons. The van der Waals surface area contributed by atoms with Crippen molar-refractivity contribution in [1.29, 1.82) is 0 Å². The van der Waals surface area contributed by atoms with Crippen LogP contribution >= 0.6 is 0 Å². The molecule has 0 saturated heterocycles. The zero-order valence-corrected chi connectivity index (χ0v) is 13.8. The zero-order chi connectivity index (χ0) is 16.2. The van der Waals surface area contributed by atoms with Crippen molar-refractivity contribution in [1.82, 2.24) is 24.1 Å². The van der Waals surface area contributed by atoms with Crippen molar-refractivity contribution in [3.8, 4) is 11.3 Å². The zero-order valence-electron chi connectivity index (χ0n) is 13.8. The Bertz CT molecular complexity index is 867. The molecule has 0 aliphatic heterocycles. The highest BCUT2D eigenvalue weighted by atomic mass is 15.3. The lowest BCUT2D eigenvalue weighted by molar-refractivity contribution is 0.677. The molecule has 0 saturated carbocycles. The Labute approximate surface area is 136 Å². The summed E-state index contributed by atoms with van der Waals surface area (Å²) in [4.78, 5) is 8.73. The third-order valence-corrected chi connectivity index (χ3v) is 3.70. The molecule has 0 N–H and O–H groups in total. The molecule has 5 heteroatoms. The van der Waals surface area contributed by atoms with E-state index in [0.29, 0.717) is 0 Å². The molecule has 0 spiro atoms. The fraction of sp³-hybridized carbons (Fsp3) is 0.278.